The molecule has 0 N–H and O–H groups in total. The Morgan fingerprint density at radius 2 is 2.08 bits per heavy atom. The van der Waals surface area contributed by atoms with Crippen LogP contribution < -0.4 is 0 Å². The van der Waals surface area contributed by atoms with E-state index in [0.29, 0.717) is 12.5 Å². The molecule has 0 aliphatic carbocycles. The van der Waals surface area contributed by atoms with E-state index in [1.54, 1.807) is 0 Å². The number of rotatable bonds is 4. The van der Waals surface area contributed by atoms with E-state index in [4.69, 9.17) is 38.8 Å². The molecule has 0 heterocycles. The summed E-state index contributed by atoms with van der Waals surface area (Å²) in [5.41, 5.74) is 0. The summed E-state index contributed by atoms with van der Waals surface area (Å²) in [6.45, 7) is 4.37. The van der Waals surface area contributed by atoms with Crippen LogP contribution in [0.15, 0.2) is 11.0 Å². The van der Waals surface area contributed by atoms with Crippen LogP contribution in [-0.4, -0.2) is 6.61 Å². The van der Waals surface area contributed by atoms with E-state index in [0.717, 1.165) is 5.82 Å². The average Bonchev–Trinajstić information content (AvgIpc) is 1.79. The molecule has 0 aromatic carbocycles. The number of hydrogen-bond donors (Lipinski definition) is 0. The van der Waals surface area contributed by atoms with Crippen LogP contribution in [0.4, 0.5) is 0 Å². The Morgan fingerprint density at radius 1 is 1.58 bits per heavy atom. The van der Waals surface area contributed by atoms with Gasteiger partial charge in [0.25, 0.3) is 5.85 Å². The zero-order valence-electron chi connectivity index (χ0n) is 6.76. The maximum atomic E-state index is 10.8. The summed E-state index contributed by atoms with van der Waals surface area (Å²) < 4.78 is 15.7. The summed E-state index contributed by atoms with van der Waals surface area (Å²) in [6, 6.07) is 0. The van der Waals surface area contributed by atoms with Crippen molar-refractivity contribution in [2.75, 3.05) is 6.61 Å². The fourth-order valence-corrected chi connectivity index (χ4v) is 2.02. The second kappa shape index (κ2) is 5.39. The Labute approximate surface area is 86.8 Å². The van der Waals surface area contributed by atoms with Gasteiger partial charge in [0, 0.05) is 0 Å². The van der Waals surface area contributed by atoms with Gasteiger partial charge in [0.15, 0.2) is 5.22 Å². The maximum absolute atomic E-state index is 10.8. The normalized spacial score (nSPS) is 13.7. The van der Waals surface area contributed by atoms with Crippen molar-refractivity contribution in [2.24, 2.45) is 5.92 Å². The lowest BCUT2D eigenvalue weighted by molar-refractivity contribution is 0.200. The minimum absolute atomic E-state index is 0.0166. The molecule has 0 aromatic rings. The van der Waals surface area contributed by atoms with Crippen molar-refractivity contribution >= 4 is 39.9 Å². The first kappa shape index (κ1) is 12.6. The Morgan fingerprint density at radius 3 is 2.42 bits per heavy atom. The molecule has 0 atom stereocenters. The van der Waals surface area contributed by atoms with Gasteiger partial charge in [0.05, 0.1) is 12.4 Å². The molecule has 0 aliphatic rings. The second-order valence-corrected chi connectivity index (χ2v) is 7.81. The lowest BCUT2D eigenvalue weighted by atomic mass is 10.2. The minimum Gasteiger partial charge on any atom is -0.482 e. The highest BCUT2D eigenvalue weighted by Gasteiger charge is 2.11. The SMILES string of the molecule is CC(C)CO/C(Cl)=C/P(=O)(Cl)Cl. The zero-order valence-corrected chi connectivity index (χ0v) is 9.92. The van der Waals surface area contributed by atoms with E-state index in [1.165, 1.54) is 0 Å². The van der Waals surface area contributed by atoms with Gasteiger partial charge >= 0.3 is 0 Å². The van der Waals surface area contributed by atoms with Crippen molar-refractivity contribution in [1.29, 1.82) is 0 Å². The molecule has 0 spiro atoms. The van der Waals surface area contributed by atoms with Gasteiger partial charge in [0.1, 0.15) is 0 Å². The van der Waals surface area contributed by atoms with Crippen molar-refractivity contribution < 1.29 is 9.30 Å². The molecule has 0 aromatic heterocycles. The Kier molecular flexibility index (Phi) is 5.67. The predicted molar refractivity (Wildman–Crippen MR) is 54.0 cm³/mol. The molecule has 0 bridgehead atoms. The maximum Gasteiger partial charge on any atom is 0.279 e. The van der Waals surface area contributed by atoms with Crippen molar-refractivity contribution in [3.63, 3.8) is 0 Å². The monoisotopic (exact) mass is 250 g/mol. The molecule has 0 saturated heterocycles. The number of ether oxygens (including phenoxy) is 1. The van der Waals surface area contributed by atoms with Crippen LogP contribution in [0.2, 0.25) is 0 Å². The topological polar surface area (TPSA) is 26.3 Å². The van der Waals surface area contributed by atoms with E-state index in [9.17, 15) is 4.57 Å². The van der Waals surface area contributed by atoms with Crippen molar-refractivity contribution in [3.05, 3.63) is 11.0 Å². The van der Waals surface area contributed by atoms with Gasteiger partial charge in [-0.05, 0) is 40.0 Å². The molecule has 0 rings (SSSR count). The Hall–Kier alpha value is 0.640. The third kappa shape index (κ3) is 8.73. The molecule has 0 fully saturated rings. The lowest BCUT2D eigenvalue weighted by Crippen LogP contribution is -1.98. The highest BCUT2D eigenvalue weighted by atomic mass is 35.9. The summed E-state index contributed by atoms with van der Waals surface area (Å²) in [6.07, 6.45) is 0. The molecular formula is C6H10Cl3O2P. The fraction of sp³-hybridized carbons (Fsp3) is 0.667. The fourth-order valence-electron chi connectivity index (χ4n) is 0.402. The van der Waals surface area contributed by atoms with E-state index in [2.05, 4.69) is 0 Å². The summed E-state index contributed by atoms with van der Waals surface area (Å²) in [5, 5.41) is -0.0166. The molecule has 0 aliphatic heterocycles. The van der Waals surface area contributed by atoms with Gasteiger partial charge in [0.2, 0.25) is 0 Å². The molecule has 12 heavy (non-hydrogen) atoms. The van der Waals surface area contributed by atoms with Crippen molar-refractivity contribution in [3.8, 4) is 0 Å². The Bertz CT molecular complexity index is 209. The molecule has 72 valence electrons. The Balaban J connectivity index is 3.96. The van der Waals surface area contributed by atoms with Crippen molar-refractivity contribution in [2.45, 2.75) is 13.8 Å². The third-order valence-corrected chi connectivity index (χ3v) is 2.30. The standard InChI is InChI=1S/C6H10Cl3O2P/c1-5(2)3-11-6(7)4-12(8,9)10/h4-5H,3H2,1-2H3/b6-4+. The largest absolute Gasteiger partial charge is 0.482 e. The first-order valence-electron chi connectivity index (χ1n) is 3.31. The predicted octanol–water partition coefficient (Wildman–Crippen LogP) is 4.37. The first-order chi connectivity index (χ1) is 5.31. The van der Waals surface area contributed by atoms with Crippen LogP contribution in [0, 0.1) is 5.92 Å². The van der Waals surface area contributed by atoms with E-state index in [1.807, 2.05) is 13.8 Å². The van der Waals surface area contributed by atoms with Crippen LogP contribution in [0.1, 0.15) is 13.8 Å². The molecular weight excluding hydrogens is 241 g/mol. The lowest BCUT2D eigenvalue weighted by Gasteiger charge is -2.06. The molecule has 0 radical (unpaired) electrons. The zero-order chi connectivity index (χ0) is 9.78. The van der Waals surface area contributed by atoms with Gasteiger partial charge in [-0.15, -0.1) is 0 Å². The van der Waals surface area contributed by atoms with Gasteiger partial charge in [-0.2, -0.15) is 0 Å². The third-order valence-electron chi connectivity index (χ3n) is 0.806. The van der Waals surface area contributed by atoms with Crippen LogP contribution in [0.5, 0.6) is 0 Å². The van der Waals surface area contributed by atoms with Gasteiger partial charge in [-0.3, -0.25) is 4.57 Å². The van der Waals surface area contributed by atoms with Crippen LogP contribution in [-0.2, 0) is 9.30 Å². The smallest absolute Gasteiger partial charge is 0.279 e. The van der Waals surface area contributed by atoms with Crippen LogP contribution in [0.3, 0.4) is 0 Å². The molecule has 0 unspecified atom stereocenters. The quantitative estimate of drug-likeness (QED) is 0.548. The van der Waals surface area contributed by atoms with Gasteiger partial charge < -0.3 is 4.74 Å². The van der Waals surface area contributed by atoms with E-state index >= 15 is 0 Å². The molecule has 2 nitrogen and oxygen atoms in total. The highest BCUT2D eigenvalue weighted by molar-refractivity contribution is 8.10. The summed E-state index contributed by atoms with van der Waals surface area (Å²) >= 11 is 16.0. The van der Waals surface area contributed by atoms with Gasteiger partial charge in [-0.25, -0.2) is 0 Å². The first-order valence-corrected chi connectivity index (χ1v) is 7.28. The molecule has 0 amide bonds. The highest BCUT2D eigenvalue weighted by Crippen LogP contribution is 2.59. The van der Waals surface area contributed by atoms with E-state index in [-0.39, 0.29) is 5.22 Å². The minimum atomic E-state index is -3.26. The average molecular weight is 251 g/mol. The van der Waals surface area contributed by atoms with E-state index < -0.39 is 5.85 Å². The summed E-state index contributed by atoms with van der Waals surface area (Å²) in [4.78, 5) is 0. The number of halogens is 3. The van der Waals surface area contributed by atoms with Crippen LogP contribution in [0.25, 0.3) is 0 Å². The van der Waals surface area contributed by atoms with Gasteiger partial charge in [-0.1, -0.05) is 13.8 Å². The summed E-state index contributed by atoms with van der Waals surface area (Å²) in [7, 11) is 0. The van der Waals surface area contributed by atoms with Crippen molar-refractivity contribution in [1.82, 2.24) is 0 Å². The number of hydrogen-bond acceptors (Lipinski definition) is 2. The molecule has 6 heteroatoms. The van der Waals surface area contributed by atoms with Crippen LogP contribution >= 0.6 is 39.9 Å². The summed E-state index contributed by atoms with van der Waals surface area (Å²) in [5.74, 6) is -1.90. The molecule has 0 saturated carbocycles. The second-order valence-electron chi connectivity index (χ2n) is 2.64.